The number of nitrogens with zero attached hydrogens (tertiary/aromatic N) is 1. The van der Waals surface area contributed by atoms with Crippen LogP contribution in [0.25, 0.3) is 0 Å². The van der Waals surface area contributed by atoms with E-state index in [0.717, 1.165) is 37.0 Å². The predicted octanol–water partition coefficient (Wildman–Crippen LogP) is 2.04. The van der Waals surface area contributed by atoms with Crippen LogP contribution in [0.3, 0.4) is 0 Å². The molecule has 1 spiro atoms. The molecule has 2 aliphatic rings. The van der Waals surface area contributed by atoms with Gasteiger partial charge in [0.1, 0.15) is 12.1 Å². The first-order valence-corrected chi connectivity index (χ1v) is 8.77. The third kappa shape index (κ3) is 3.85. The lowest BCUT2D eigenvalue weighted by atomic mass is 9.73. The highest BCUT2D eigenvalue weighted by Crippen LogP contribution is 2.38. The molecular formula is C17H29N3O3. The molecule has 1 saturated heterocycles. The quantitative estimate of drug-likeness (QED) is 0.580. The van der Waals surface area contributed by atoms with Crippen molar-refractivity contribution in [3.8, 4) is 0 Å². The second-order valence-electron chi connectivity index (χ2n) is 7.33. The molecule has 1 heterocycles. The number of hydrogen-bond donors (Lipinski definition) is 2. The van der Waals surface area contributed by atoms with Gasteiger partial charge in [0, 0.05) is 6.54 Å². The second kappa shape index (κ2) is 7.32. The number of rotatable bonds is 6. The van der Waals surface area contributed by atoms with Gasteiger partial charge in [-0.1, -0.05) is 33.6 Å². The monoisotopic (exact) mass is 323 g/mol. The summed E-state index contributed by atoms with van der Waals surface area (Å²) < 4.78 is 0. The highest BCUT2D eigenvalue weighted by Gasteiger charge is 2.55. The minimum absolute atomic E-state index is 0.117. The van der Waals surface area contributed by atoms with Crippen molar-refractivity contribution in [2.45, 2.75) is 64.8 Å². The predicted molar refractivity (Wildman–Crippen MR) is 87.7 cm³/mol. The van der Waals surface area contributed by atoms with Gasteiger partial charge in [-0.25, -0.2) is 4.79 Å². The first-order valence-electron chi connectivity index (χ1n) is 8.77. The van der Waals surface area contributed by atoms with Gasteiger partial charge in [-0.2, -0.15) is 0 Å². The summed E-state index contributed by atoms with van der Waals surface area (Å²) in [7, 11) is 0. The number of carbonyl (C=O) groups excluding carboxylic acids is 3. The number of hydrogen-bond acceptors (Lipinski definition) is 3. The van der Waals surface area contributed by atoms with E-state index in [1.807, 2.05) is 6.92 Å². The molecule has 0 aromatic carbocycles. The summed E-state index contributed by atoms with van der Waals surface area (Å²) in [6.45, 7) is 6.69. The van der Waals surface area contributed by atoms with Crippen LogP contribution >= 0.6 is 0 Å². The van der Waals surface area contributed by atoms with Crippen molar-refractivity contribution in [2.75, 3.05) is 13.1 Å². The molecule has 6 nitrogen and oxygen atoms in total. The van der Waals surface area contributed by atoms with E-state index < -0.39 is 11.6 Å². The maximum absolute atomic E-state index is 12.7. The van der Waals surface area contributed by atoms with Crippen molar-refractivity contribution < 1.29 is 14.4 Å². The fraction of sp³-hybridized carbons (Fsp3) is 0.824. The minimum Gasteiger partial charge on any atom is -0.355 e. The second-order valence-corrected chi connectivity index (χ2v) is 7.33. The Morgan fingerprint density at radius 3 is 2.78 bits per heavy atom. The zero-order valence-corrected chi connectivity index (χ0v) is 14.5. The molecule has 4 amide bonds. The first kappa shape index (κ1) is 17.8. The Kier molecular flexibility index (Phi) is 5.65. The molecule has 0 aromatic rings. The average molecular weight is 323 g/mol. The number of imide groups is 1. The average Bonchev–Trinajstić information content (AvgIpc) is 2.72. The molecule has 0 aromatic heterocycles. The lowest BCUT2D eigenvalue weighted by molar-refractivity contribution is -0.137. The third-order valence-electron chi connectivity index (χ3n) is 5.08. The van der Waals surface area contributed by atoms with E-state index in [4.69, 9.17) is 0 Å². The molecule has 6 heteroatoms. The van der Waals surface area contributed by atoms with Crippen LogP contribution in [0.2, 0.25) is 0 Å². The summed E-state index contributed by atoms with van der Waals surface area (Å²) >= 11 is 0. The van der Waals surface area contributed by atoms with E-state index in [1.54, 1.807) is 0 Å². The molecule has 0 bridgehead atoms. The van der Waals surface area contributed by atoms with Gasteiger partial charge >= 0.3 is 6.03 Å². The van der Waals surface area contributed by atoms with Crippen molar-refractivity contribution in [1.29, 1.82) is 0 Å². The summed E-state index contributed by atoms with van der Waals surface area (Å²) in [5.74, 6) is 0.224. The molecule has 2 fully saturated rings. The third-order valence-corrected chi connectivity index (χ3v) is 5.08. The molecule has 0 radical (unpaired) electrons. The highest BCUT2D eigenvalue weighted by atomic mass is 16.2. The molecule has 23 heavy (non-hydrogen) atoms. The number of carbonyl (C=O) groups is 3. The maximum atomic E-state index is 12.7. The van der Waals surface area contributed by atoms with Gasteiger partial charge in [0.25, 0.3) is 5.91 Å². The SMILES string of the molecule is CC(C)CCCNC(=O)CN1C(=O)N[C@]2(CCCC[C@@H]2C)C1=O. The van der Waals surface area contributed by atoms with Gasteiger partial charge in [-0.15, -0.1) is 0 Å². The standard InChI is InChI=1S/C17H29N3O3/c1-12(2)7-6-10-18-14(21)11-20-15(22)17(19-16(20)23)9-5-4-8-13(17)3/h12-13H,4-11H2,1-3H3,(H,18,21)(H,19,23)/t13-,17-/m0/s1. The Balaban J connectivity index is 1.89. The smallest absolute Gasteiger partial charge is 0.325 e. The summed E-state index contributed by atoms with van der Waals surface area (Å²) in [6.07, 6.45) is 5.58. The zero-order chi connectivity index (χ0) is 17.0. The van der Waals surface area contributed by atoms with Gasteiger partial charge in [-0.05, 0) is 37.5 Å². The Labute approximate surface area is 138 Å². The molecule has 1 aliphatic carbocycles. The van der Waals surface area contributed by atoms with Crippen molar-refractivity contribution in [3.05, 3.63) is 0 Å². The molecule has 2 atom stereocenters. The molecule has 1 saturated carbocycles. The van der Waals surface area contributed by atoms with Gasteiger partial charge < -0.3 is 10.6 Å². The van der Waals surface area contributed by atoms with E-state index in [2.05, 4.69) is 24.5 Å². The number of urea groups is 1. The van der Waals surface area contributed by atoms with E-state index in [-0.39, 0.29) is 24.3 Å². The van der Waals surface area contributed by atoms with Crippen LogP contribution in [0.1, 0.15) is 59.3 Å². The Bertz CT molecular complexity index is 478. The van der Waals surface area contributed by atoms with E-state index in [1.165, 1.54) is 0 Å². The topological polar surface area (TPSA) is 78.5 Å². The first-order chi connectivity index (χ1) is 10.9. The summed E-state index contributed by atoms with van der Waals surface area (Å²) in [5, 5.41) is 5.66. The van der Waals surface area contributed by atoms with Gasteiger partial charge in [0.05, 0.1) is 0 Å². The van der Waals surface area contributed by atoms with E-state index in [9.17, 15) is 14.4 Å². The van der Waals surface area contributed by atoms with Crippen LogP contribution in [0.5, 0.6) is 0 Å². The van der Waals surface area contributed by atoms with E-state index >= 15 is 0 Å². The van der Waals surface area contributed by atoms with Crippen LogP contribution in [0, 0.1) is 11.8 Å². The lowest BCUT2D eigenvalue weighted by Gasteiger charge is -2.36. The van der Waals surface area contributed by atoms with Crippen LogP contribution in [0.15, 0.2) is 0 Å². The van der Waals surface area contributed by atoms with E-state index in [0.29, 0.717) is 18.9 Å². The lowest BCUT2D eigenvalue weighted by Crippen LogP contribution is -2.54. The van der Waals surface area contributed by atoms with Crippen molar-refractivity contribution in [3.63, 3.8) is 0 Å². The Hall–Kier alpha value is -1.59. The Morgan fingerprint density at radius 1 is 1.39 bits per heavy atom. The van der Waals surface area contributed by atoms with Gasteiger partial charge in [-0.3, -0.25) is 14.5 Å². The van der Waals surface area contributed by atoms with Crippen LogP contribution in [0.4, 0.5) is 4.79 Å². The Morgan fingerprint density at radius 2 is 2.13 bits per heavy atom. The fourth-order valence-corrected chi connectivity index (χ4v) is 3.58. The van der Waals surface area contributed by atoms with Gasteiger partial charge in [0.15, 0.2) is 0 Å². The molecular weight excluding hydrogens is 294 g/mol. The molecule has 130 valence electrons. The van der Waals surface area contributed by atoms with Crippen molar-refractivity contribution in [2.24, 2.45) is 11.8 Å². The molecule has 1 aliphatic heterocycles. The summed E-state index contributed by atoms with van der Waals surface area (Å²) in [6, 6.07) is -0.430. The normalized spacial score (nSPS) is 27.7. The van der Waals surface area contributed by atoms with Crippen LogP contribution in [-0.4, -0.2) is 41.4 Å². The van der Waals surface area contributed by atoms with Gasteiger partial charge in [0.2, 0.25) is 5.91 Å². The number of amides is 4. The highest BCUT2D eigenvalue weighted by molar-refractivity contribution is 6.09. The van der Waals surface area contributed by atoms with Crippen LogP contribution < -0.4 is 10.6 Å². The zero-order valence-electron chi connectivity index (χ0n) is 14.5. The fourth-order valence-electron chi connectivity index (χ4n) is 3.58. The largest absolute Gasteiger partial charge is 0.355 e. The maximum Gasteiger partial charge on any atom is 0.325 e. The molecule has 2 rings (SSSR count). The van der Waals surface area contributed by atoms with Crippen LogP contribution in [-0.2, 0) is 9.59 Å². The molecule has 2 N–H and O–H groups in total. The van der Waals surface area contributed by atoms with Crippen molar-refractivity contribution in [1.82, 2.24) is 15.5 Å². The molecule has 0 unspecified atom stereocenters. The summed E-state index contributed by atoms with van der Waals surface area (Å²) in [4.78, 5) is 38.0. The van der Waals surface area contributed by atoms with Crippen molar-refractivity contribution >= 4 is 17.8 Å². The summed E-state index contributed by atoms with van der Waals surface area (Å²) in [5.41, 5.74) is -0.784. The number of nitrogens with one attached hydrogen (secondary N) is 2. The minimum atomic E-state index is -0.784.